The summed E-state index contributed by atoms with van der Waals surface area (Å²) in [5.74, 6) is 0. The van der Waals surface area contributed by atoms with Gasteiger partial charge in [0.1, 0.15) is 0 Å². The molecule has 1 heterocycles. The number of rotatable bonds is 1. The molecule has 4 nitrogen and oxygen atoms in total. The molecule has 0 aliphatic carbocycles. The van der Waals surface area contributed by atoms with Crippen LogP contribution in [0.25, 0.3) is 0 Å². The predicted molar refractivity (Wildman–Crippen MR) is 52.0 cm³/mol. The Hall–Kier alpha value is -0.771. The number of halogens is 1. The number of benzene rings is 1. The molecule has 0 unspecified atom stereocenters. The fourth-order valence-corrected chi connectivity index (χ4v) is 3.18. The number of nitrogens with one attached hydrogen (secondary N) is 1. The van der Waals surface area contributed by atoms with Gasteiger partial charge in [-0.1, -0.05) is 0 Å². The Labute approximate surface area is 85.6 Å². The topological polar surface area (TPSA) is 55.2 Å². The van der Waals surface area contributed by atoms with Crippen LogP contribution < -0.4 is 9.78 Å². The molecule has 0 radical (unpaired) electrons. The molecule has 13 heavy (non-hydrogen) atoms. The van der Waals surface area contributed by atoms with Gasteiger partial charge in [-0.05, 0) is 0 Å². The van der Waals surface area contributed by atoms with Gasteiger partial charge < -0.3 is 0 Å². The van der Waals surface area contributed by atoms with Gasteiger partial charge in [0, 0.05) is 0 Å². The van der Waals surface area contributed by atoms with Gasteiger partial charge in [-0.25, -0.2) is 0 Å². The molecule has 0 fully saturated rings. The first-order chi connectivity index (χ1) is 6.18. The molecule has 68 valence electrons. The van der Waals surface area contributed by atoms with Crippen LogP contribution in [0.3, 0.4) is 0 Å². The number of hydrogen-bond donors (Lipinski definition) is 1. The van der Waals surface area contributed by atoms with E-state index in [-0.39, 0.29) is 10.7 Å². The molecule has 0 bridgehead atoms. The second kappa shape index (κ2) is 3.18. The van der Waals surface area contributed by atoms with Gasteiger partial charge in [-0.15, -0.1) is 0 Å². The average Bonchev–Trinajstić information content (AvgIpc) is 2.48. The molecule has 0 spiro atoms. The van der Waals surface area contributed by atoms with Crippen LogP contribution in [-0.4, -0.2) is 25.3 Å². The maximum atomic E-state index is 10.5. The summed E-state index contributed by atoms with van der Waals surface area (Å²) in [5.41, 5.74) is 1.83. The van der Waals surface area contributed by atoms with E-state index in [1.807, 2.05) is 0 Å². The van der Waals surface area contributed by atoms with Gasteiger partial charge in [-0.2, -0.15) is 0 Å². The van der Waals surface area contributed by atoms with E-state index in [4.69, 9.17) is 11.6 Å². The van der Waals surface area contributed by atoms with Gasteiger partial charge >= 0.3 is 85.3 Å². The number of fused-ring (bicyclic) bond motifs is 1. The van der Waals surface area contributed by atoms with Gasteiger partial charge in [-0.3, -0.25) is 0 Å². The van der Waals surface area contributed by atoms with Crippen molar-refractivity contribution in [1.82, 2.24) is 0 Å². The molecule has 1 aliphatic rings. The fourth-order valence-electron chi connectivity index (χ4n) is 1.13. The summed E-state index contributed by atoms with van der Waals surface area (Å²) in [7, 11) is 0. The monoisotopic (exact) mass is 264 g/mol. The Balaban J connectivity index is 2.55. The number of nitro benzene ring substituents is 1. The van der Waals surface area contributed by atoms with Crippen LogP contribution in [0.1, 0.15) is 0 Å². The summed E-state index contributed by atoms with van der Waals surface area (Å²) >= 11 is 6.02. The van der Waals surface area contributed by atoms with Crippen molar-refractivity contribution in [3.05, 3.63) is 27.3 Å². The van der Waals surface area contributed by atoms with E-state index in [9.17, 15) is 10.1 Å². The van der Waals surface area contributed by atoms with Gasteiger partial charge in [0.2, 0.25) is 0 Å². The maximum absolute atomic E-state index is 10.5. The second-order valence-corrected chi connectivity index (χ2v) is 5.06. The van der Waals surface area contributed by atoms with Crippen molar-refractivity contribution in [2.45, 2.75) is 0 Å². The van der Waals surface area contributed by atoms with Crippen LogP contribution in [0.4, 0.5) is 11.4 Å². The zero-order valence-electron chi connectivity index (χ0n) is 6.41. The summed E-state index contributed by atoms with van der Waals surface area (Å²) in [6.07, 6.45) is 0. The molecule has 0 amide bonds. The molecule has 1 aromatic rings. The second-order valence-electron chi connectivity index (χ2n) is 2.52. The van der Waals surface area contributed by atoms with Crippen LogP contribution in [0.15, 0.2) is 12.1 Å². The van der Waals surface area contributed by atoms with E-state index in [1.165, 1.54) is 0 Å². The zero-order valence-corrected chi connectivity index (χ0v) is 8.88. The van der Waals surface area contributed by atoms with Crippen LogP contribution in [0.5, 0.6) is 0 Å². The van der Waals surface area contributed by atoms with Gasteiger partial charge in [0.05, 0.1) is 0 Å². The Kier molecular flexibility index (Phi) is 2.15. The molecular weight excluding hydrogens is 259 g/mol. The van der Waals surface area contributed by atoms with Crippen molar-refractivity contribution in [1.29, 1.82) is 0 Å². The summed E-state index contributed by atoms with van der Waals surface area (Å²) in [5, 5.41) is 13.9. The minimum absolute atomic E-state index is 0.00555. The van der Waals surface area contributed by atoms with E-state index < -0.39 is 4.92 Å². The Morgan fingerprint density at radius 2 is 2.38 bits per heavy atom. The fraction of sp³-hybridized carbons (Fsp3) is 0.143. The van der Waals surface area contributed by atoms with Gasteiger partial charge in [0.25, 0.3) is 0 Å². The van der Waals surface area contributed by atoms with Crippen molar-refractivity contribution in [2.75, 3.05) is 10.8 Å². The molecular formula is C7H5ClN2O2Se. The number of nitro groups is 1. The third-order valence-electron chi connectivity index (χ3n) is 1.74. The van der Waals surface area contributed by atoms with Crippen LogP contribution in [0.2, 0.25) is 5.02 Å². The van der Waals surface area contributed by atoms with E-state index in [0.29, 0.717) is 15.0 Å². The van der Waals surface area contributed by atoms with Crippen LogP contribution in [-0.2, 0) is 0 Å². The van der Waals surface area contributed by atoms with Crippen molar-refractivity contribution < 1.29 is 4.92 Å². The molecule has 1 N–H and O–H groups in total. The Bertz CT molecular complexity index is 383. The molecule has 6 heteroatoms. The van der Waals surface area contributed by atoms with E-state index in [1.54, 1.807) is 12.1 Å². The normalized spacial score (nSPS) is 13.6. The zero-order chi connectivity index (χ0) is 9.42. The van der Waals surface area contributed by atoms with E-state index >= 15 is 0 Å². The van der Waals surface area contributed by atoms with Crippen molar-refractivity contribution in [2.24, 2.45) is 0 Å². The molecule has 0 saturated carbocycles. The quantitative estimate of drug-likeness (QED) is 0.466. The molecule has 0 saturated heterocycles. The van der Waals surface area contributed by atoms with Crippen molar-refractivity contribution >= 4 is 42.4 Å². The summed E-state index contributed by atoms with van der Waals surface area (Å²) in [4.78, 5) is 10.1. The van der Waals surface area contributed by atoms with Crippen LogP contribution >= 0.6 is 11.6 Å². The van der Waals surface area contributed by atoms with Crippen molar-refractivity contribution in [3.8, 4) is 0 Å². The number of anilines is 1. The SMILES string of the molecule is O=[N+]([O-])c1cc2c(cc1Cl)NC[Se]2. The van der Waals surface area contributed by atoms with Crippen molar-refractivity contribution in [3.63, 3.8) is 0 Å². The molecule has 2 rings (SSSR count). The first-order valence-electron chi connectivity index (χ1n) is 3.53. The minimum atomic E-state index is -0.447. The standard InChI is InChI=1S/C7H5ClN2O2Se/c8-4-1-5-7(13-3-9-5)2-6(4)10(11)12/h1-2,9H,3H2. The van der Waals surface area contributed by atoms with Crippen LogP contribution in [0, 0.1) is 10.1 Å². The molecule has 0 atom stereocenters. The van der Waals surface area contributed by atoms with E-state index in [0.717, 1.165) is 15.6 Å². The third kappa shape index (κ3) is 1.50. The third-order valence-corrected chi connectivity index (χ3v) is 4.01. The molecule has 1 aliphatic heterocycles. The summed E-state index contributed by atoms with van der Waals surface area (Å²) in [6.45, 7) is 0. The average molecular weight is 264 g/mol. The number of hydrogen-bond acceptors (Lipinski definition) is 3. The van der Waals surface area contributed by atoms with E-state index in [2.05, 4.69) is 5.32 Å². The molecule has 1 aromatic carbocycles. The Morgan fingerprint density at radius 3 is 3.08 bits per heavy atom. The first kappa shape index (κ1) is 8.81. The predicted octanol–water partition coefficient (Wildman–Crippen LogP) is 0.961. The summed E-state index contributed by atoms with van der Waals surface area (Å²) < 4.78 is 1.03. The molecule has 0 aromatic heterocycles. The Morgan fingerprint density at radius 1 is 1.62 bits per heavy atom. The van der Waals surface area contributed by atoms with Gasteiger partial charge in [0.15, 0.2) is 0 Å². The summed E-state index contributed by atoms with van der Waals surface area (Å²) in [6, 6.07) is 3.20. The number of nitrogens with zero attached hydrogens (tertiary/aromatic N) is 1. The first-order valence-corrected chi connectivity index (χ1v) is 5.97.